The molecule has 2 aromatic heterocycles. The molecule has 4 aromatic rings. The lowest BCUT2D eigenvalue weighted by molar-refractivity contribution is -0.440. The number of nitrogens with zero attached hydrogens (tertiary/aromatic N) is 6. The van der Waals surface area contributed by atoms with Gasteiger partial charge in [-0.15, -0.1) is 0 Å². The van der Waals surface area contributed by atoms with Gasteiger partial charge in [-0.2, -0.15) is 0 Å². The van der Waals surface area contributed by atoms with Crippen molar-refractivity contribution < 1.29 is 39.8 Å². The molecular formula is C20H8N8O18. The van der Waals surface area contributed by atoms with Gasteiger partial charge in [0, 0.05) is 18.2 Å². The highest BCUT2D eigenvalue weighted by Gasteiger charge is 2.40. The third-order valence-electron chi connectivity index (χ3n) is 5.64. The van der Waals surface area contributed by atoms with Crippen LogP contribution in [0.25, 0.3) is 21.8 Å². The van der Waals surface area contributed by atoms with E-state index in [1.54, 1.807) is 9.97 Å². The second kappa shape index (κ2) is 11.8. The number of nitro groups is 6. The zero-order chi connectivity index (χ0) is 34.9. The van der Waals surface area contributed by atoms with Crippen molar-refractivity contribution in [1.82, 2.24) is 9.97 Å². The summed E-state index contributed by atoms with van der Waals surface area (Å²) in [6.07, 6.45) is 0. The second-order valence-electron chi connectivity index (χ2n) is 8.27. The molecule has 2 aromatic carbocycles. The van der Waals surface area contributed by atoms with Crippen molar-refractivity contribution in [3.63, 3.8) is 0 Å². The molecule has 0 saturated carbocycles. The molecule has 0 amide bonds. The minimum absolute atomic E-state index is 0.257. The highest BCUT2D eigenvalue weighted by atomic mass is 16.7. The SMILES string of the molecule is O=c1[nH]c2c([N+](=O)[O-])c([N+](=O)[O-])c([N+](=O)[O-])cc2c(=O)cc1O.O=c1[nH]c2c([N+](=O)[O-])cc([N+](=O)[O-])c([N+](=O)[O-])c2c(=O)cc1O. The highest BCUT2D eigenvalue weighted by Crippen LogP contribution is 2.40. The lowest BCUT2D eigenvalue weighted by Crippen LogP contribution is -2.07. The molecule has 0 bridgehead atoms. The van der Waals surface area contributed by atoms with E-state index < -0.39 is 119 Å². The first-order chi connectivity index (χ1) is 21.3. The summed E-state index contributed by atoms with van der Waals surface area (Å²) < 4.78 is 0. The van der Waals surface area contributed by atoms with Crippen LogP contribution in [0, 0.1) is 60.7 Å². The number of nitro benzene ring substituents is 6. The van der Waals surface area contributed by atoms with Crippen LogP contribution in [0.15, 0.2) is 43.4 Å². The second-order valence-corrected chi connectivity index (χ2v) is 8.27. The molecule has 0 atom stereocenters. The zero-order valence-electron chi connectivity index (χ0n) is 21.4. The maximum absolute atomic E-state index is 12.0. The van der Waals surface area contributed by atoms with Crippen molar-refractivity contribution in [2.24, 2.45) is 0 Å². The standard InChI is InChI=1S/2C10H4N4O9/c15-5-2-6(16)10(17)11-8-3(12(18)19)1-4(13(20)21)9(7(5)8)14(22)23;15-5-2-6(16)10(17)11-7-3(5)1-4(12(18)19)8(13(20)21)9(7)14(22)23/h2*1-2,16H,(H,11,17). The van der Waals surface area contributed by atoms with Gasteiger partial charge in [0.05, 0.1) is 34.9 Å². The van der Waals surface area contributed by atoms with E-state index in [-0.39, 0.29) is 12.1 Å². The lowest BCUT2D eigenvalue weighted by Gasteiger charge is -1.99. The third-order valence-corrected chi connectivity index (χ3v) is 5.64. The van der Waals surface area contributed by atoms with Crippen molar-refractivity contribution in [3.05, 3.63) is 126 Å². The number of H-pyrrole nitrogens is 2. The van der Waals surface area contributed by atoms with E-state index in [9.17, 15) is 90.1 Å². The fraction of sp³-hybridized carbons (Fsp3) is 0. The number of hydrogen-bond donors (Lipinski definition) is 4. The van der Waals surface area contributed by atoms with Gasteiger partial charge in [0.25, 0.3) is 11.1 Å². The molecule has 26 heteroatoms. The summed E-state index contributed by atoms with van der Waals surface area (Å²) in [5.41, 5.74) is -14.9. The molecule has 236 valence electrons. The molecule has 4 N–H and O–H groups in total. The van der Waals surface area contributed by atoms with Gasteiger partial charge < -0.3 is 20.2 Å². The van der Waals surface area contributed by atoms with Gasteiger partial charge in [-0.3, -0.25) is 79.9 Å². The number of benzene rings is 2. The van der Waals surface area contributed by atoms with Gasteiger partial charge >= 0.3 is 34.1 Å². The molecular weight excluding hydrogens is 640 g/mol. The van der Waals surface area contributed by atoms with Gasteiger partial charge in [-0.25, -0.2) is 0 Å². The molecule has 26 nitrogen and oxygen atoms in total. The van der Waals surface area contributed by atoms with Crippen LogP contribution in [-0.4, -0.2) is 49.7 Å². The predicted octanol–water partition coefficient (Wildman–Crippen LogP) is 0.637. The van der Waals surface area contributed by atoms with E-state index >= 15 is 0 Å². The maximum atomic E-state index is 12.0. The molecule has 0 unspecified atom stereocenters. The zero-order valence-corrected chi connectivity index (χ0v) is 21.4. The van der Waals surface area contributed by atoms with Gasteiger partial charge in [0.15, 0.2) is 22.4 Å². The predicted molar refractivity (Wildman–Crippen MR) is 145 cm³/mol. The fourth-order valence-electron chi connectivity index (χ4n) is 3.83. The normalized spacial score (nSPS) is 10.4. The van der Waals surface area contributed by atoms with E-state index in [0.717, 1.165) is 0 Å². The quantitative estimate of drug-likeness (QED) is 0.164. The first-order valence-corrected chi connectivity index (χ1v) is 11.1. The molecule has 0 aliphatic carbocycles. The van der Waals surface area contributed by atoms with Gasteiger partial charge in [-0.05, 0) is 0 Å². The Hall–Kier alpha value is -7.80. The van der Waals surface area contributed by atoms with Crippen molar-refractivity contribution in [2.45, 2.75) is 0 Å². The van der Waals surface area contributed by atoms with Gasteiger partial charge in [0.2, 0.25) is 0 Å². The van der Waals surface area contributed by atoms with Crippen LogP contribution in [0.5, 0.6) is 11.5 Å². The summed E-state index contributed by atoms with van der Waals surface area (Å²) in [6, 6.07) is 1.35. The molecule has 0 spiro atoms. The van der Waals surface area contributed by atoms with Crippen LogP contribution in [0.1, 0.15) is 0 Å². The number of nitrogens with one attached hydrogen (secondary N) is 2. The number of aromatic amines is 2. The van der Waals surface area contributed by atoms with E-state index in [4.69, 9.17) is 0 Å². The monoisotopic (exact) mass is 648 g/mol. The van der Waals surface area contributed by atoms with E-state index in [0.29, 0.717) is 12.1 Å². The fourth-order valence-corrected chi connectivity index (χ4v) is 3.83. The number of rotatable bonds is 6. The Morgan fingerprint density at radius 1 is 0.478 bits per heavy atom. The summed E-state index contributed by atoms with van der Waals surface area (Å²) in [5.74, 6) is -2.26. The summed E-state index contributed by atoms with van der Waals surface area (Å²) in [4.78, 5) is 109. The Morgan fingerprint density at radius 3 is 1.33 bits per heavy atom. The van der Waals surface area contributed by atoms with Crippen LogP contribution in [0.2, 0.25) is 0 Å². The lowest BCUT2D eigenvalue weighted by atomic mass is 10.1. The number of non-ortho nitro benzene ring substituents is 1. The van der Waals surface area contributed by atoms with E-state index in [2.05, 4.69) is 0 Å². The van der Waals surface area contributed by atoms with Gasteiger partial charge in [-0.1, -0.05) is 0 Å². The Bertz CT molecular complexity index is 2320. The van der Waals surface area contributed by atoms with Crippen LogP contribution in [-0.2, 0) is 0 Å². The van der Waals surface area contributed by atoms with Crippen LogP contribution >= 0.6 is 0 Å². The number of aromatic hydroxyl groups is 2. The highest BCUT2D eigenvalue weighted by molar-refractivity contribution is 5.98. The number of aromatic nitrogens is 2. The first kappa shape index (κ1) is 32.7. The molecule has 46 heavy (non-hydrogen) atoms. The molecule has 0 aliphatic heterocycles. The maximum Gasteiger partial charge on any atom is 0.424 e. The van der Waals surface area contributed by atoms with Crippen molar-refractivity contribution in [2.75, 3.05) is 0 Å². The minimum atomic E-state index is -1.49. The van der Waals surface area contributed by atoms with Crippen molar-refractivity contribution in [1.29, 1.82) is 0 Å². The molecule has 0 saturated heterocycles. The Morgan fingerprint density at radius 2 is 0.891 bits per heavy atom. The van der Waals surface area contributed by atoms with Crippen LogP contribution in [0.4, 0.5) is 34.1 Å². The summed E-state index contributed by atoms with van der Waals surface area (Å²) in [7, 11) is 0. The van der Waals surface area contributed by atoms with Gasteiger partial charge in [0.1, 0.15) is 22.5 Å². The molecule has 4 rings (SSSR count). The van der Waals surface area contributed by atoms with Crippen molar-refractivity contribution >= 4 is 55.9 Å². The Kier molecular flexibility index (Phi) is 8.41. The van der Waals surface area contributed by atoms with E-state index in [1.165, 1.54) is 0 Å². The van der Waals surface area contributed by atoms with Crippen LogP contribution < -0.4 is 22.0 Å². The number of fused-ring (bicyclic) bond motifs is 2. The van der Waals surface area contributed by atoms with E-state index in [1.807, 2.05) is 0 Å². The molecule has 2 heterocycles. The van der Waals surface area contributed by atoms with Crippen LogP contribution in [0.3, 0.4) is 0 Å². The van der Waals surface area contributed by atoms with Crippen molar-refractivity contribution in [3.8, 4) is 11.5 Å². The largest absolute Gasteiger partial charge is 0.503 e. The number of hydrogen-bond acceptors (Lipinski definition) is 18. The molecule has 0 radical (unpaired) electrons. The first-order valence-electron chi connectivity index (χ1n) is 11.1. The summed E-state index contributed by atoms with van der Waals surface area (Å²) in [5, 5.41) is 82.8. The topological polar surface area (TPSA) is 399 Å². The minimum Gasteiger partial charge on any atom is -0.503 e. The Labute approximate surface area is 243 Å². The average Bonchev–Trinajstić information content (AvgIpc) is 3.12. The average molecular weight is 648 g/mol. The third kappa shape index (κ3) is 5.77. The summed E-state index contributed by atoms with van der Waals surface area (Å²) in [6.45, 7) is 0. The smallest absolute Gasteiger partial charge is 0.424 e. The Balaban J connectivity index is 0.000000250. The molecule has 0 aliphatic rings. The molecule has 0 fully saturated rings. The summed E-state index contributed by atoms with van der Waals surface area (Å²) >= 11 is 0.